The first-order valence-corrected chi connectivity index (χ1v) is 14.0. The lowest BCUT2D eigenvalue weighted by Gasteiger charge is -2.31. The molecule has 2 aliphatic heterocycles. The molecule has 1 atom stereocenters. The molecule has 4 heterocycles. The van der Waals surface area contributed by atoms with Crippen LogP contribution in [-0.4, -0.2) is 38.5 Å². The van der Waals surface area contributed by atoms with Crippen molar-refractivity contribution in [3.63, 3.8) is 0 Å². The van der Waals surface area contributed by atoms with Crippen molar-refractivity contribution < 1.29 is 14.3 Å². The molecule has 2 amide bonds. The van der Waals surface area contributed by atoms with E-state index in [4.69, 9.17) is 14.6 Å². The van der Waals surface area contributed by atoms with Crippen molar-refractivity contribution >= 4 is 11.7 Å². The highest BCUT2D eigenvalue weighted by molar-refractivity contribution is 5.90. The van der Waals surface area contributed by atoms with E-state index in [2.05, 4.69) is 72.4 Å². The van der Waals surface area contributed by atoms with E-state index in [9.17, 15) is 4.79 Å². The number of carbonyl (C=O) groups excluding carboxylic acids is 1. The highest BCUT2D eigenvalue weighted by atomic mass is 16.6. The van der Waals surface area contributed by atoms with Gasteiger partial charge in [0.2, 0.25) is 0 Å². The maximum absolute atomic E-state index is 14.3. The fourth-order valence-electron chi connectivity index (χ4n) is 5.86. The predicted octanol–water partition coefficient (Wildman–Crippen LogP) is 6.44. The molecule has 8 nitrogen and oxygen atoms in total. The van der Waals surface area contributed by atoms with Crippen LogP contribution < -0.4 is 14.8 Å². The summed E-state index contributed by atoms with van der Waals surface area (Å²) in [6, 6.07) is 27.7. The molecule has 8 heteroatoms. The maximum atomic E-state index is 14.3. The Hall–Kier alpha value is -4.98. The summed E-state index contributed by atoms with van der Waals surface area (Å²) in [5.41, 5.74) is 6.80. The van der Waals surface area contributed by atoms with Crippen LogP contribution in [0.2, 0.25) is 0 Å². The number of urea groups is 1. The van der Waals surface area contributed by atoms with Crippen LogP contribution in [0.4, 0.5) is 10.5 Å². The number of nitrogens with one attached hydrogen (secondary N) is 1. The second kappa shape index (κ2) is 10.2. The first kappa shape index (κ1) is 25.0. The van der Waals surface area contributed by atoms with Gasteiger partial charge in [-0.1, -0.05) is 55.0 Å². The Morgan fingerprint density at radius 2 is 1.78 bits per heavy atom. The second-order valence-corrected chi connectivity index (χ2v) is 10.4. The zero-order chi connectivity index (χ0) is 27.9. The van der Waals surface area contributed by atoms with Crippen molar-refractivity contribution in [1.29, 1.82) is 0 Å². The van der Waals surface area contributed by atoms with Crippen molar-refractivity contribution in [3.05, 3.63) is 119 Å². The number of aromatic nitrogens is 3. The van der Waals surface area contributed by atoms with Gasteiger partial charge in [-0.25, -0.2) is 9.48 Å². The number of hydrogen-bond donors (Lipinski definition) is 1. The molecular formula is C33H31N5O3. The molecule has 2 aromatic heterocycles. The van der Waals surface area contributed by atoms with Gasteiger partial charge in [-0.05, 0) is 55.3 Å². The van der Waals surface area contributed by atoms with E-state index < -0.39 is 0 Å². The molecule has 206 valence electrons. The number of para-hydroxylation sites is 1. The SMILES string of the molecule is CCc1nn(-c2ccccc2)c2c1CN(C(=O)Nc1ccc3c(c1)OCCO3)[C@H](c1cccc(C)c1)c1cccn1-2. The van der Waals surface area contributed by atoms with Crippen LogP contribution in [0.25, 0.3) is 11.5 Å². The van der Waals surface area contributed by atoms with Gasteiger partial charge in [0.1, 0.15) is 19.0 Å². The minimum absolute atomic E-state index is 0.205. The van der Waals surface area contributed by atoms with Gasteiger partial charge in [0.25, 0.3) is 0 Å². The fraction of sp³-hybridized carbons (Fsp3) is 0.212. The fourth-order valence-corrected chi connectivity index (χ4v) is 5.86. The van der Waals surface area contributed by atoms with E-state index >= 15 is 0 Å². The van der Waals surface area contributed by atoms with Crippen molar-refractivity contribution in [1.82, 2.24) is 19.2 Å². The summed E-state index contributed by atoms with van der Waals surface area (Å²) >= 11 is 0. The quantitative estimate of drug-likeness (QED) is 0.282. The molecule has 0 bridgehead atoms. The Morgan fingerprint density at radius 3 is 2.59 bits per heavy atom. The smallest absolute Gasteiger partial charge is 0.322 e. The van der Waals surface area contributed by atoms with Crippen molar-refractivity contribution in [3.8, 4) is 23.0 Å². The molecule has 0 spiro atoms. The van der Waals surface area contributed by atoms with Crippen LogP contribution in [0.15, 0.2) is 91.1 Å². The predicted molar refractivity (Wildman–Crippen MR) is 157 cm³/mol. The average molecular weight is 546 g/mol. The normalized spacial score (nSPS) is 15.6. The monoisotopic (exact) mass is 545 g/mol. The highest BCUT2D eigenvalue weighted by Gasteiger charge is 2.36. The first-order chi connectivity index (χ1) is 20.1. The Bertz CT molecular complexity index is 1740. The summed E-state index contributed by atoms with van der Waals surface area (Å²) in [5.74, 6) is 2.28. The molecule has 0 aliphatic carbocycles. The number of carbonyl (C=O) groups is 1. The van der Waals surface area contributed by atoms with Gasteiger partial charge in [-0.3, -0.25) is 0 Å². The number of nitrogens with zero attached hydrogens (tertiary/aromatic N) is 4. The Morgan fingerprint density at radius 1 is 0.951 bits per heavy atom. The molecule has 0 unspecified atom stereocenters. The molecule has 41 heavy (non-hydrogen) atoms. The summed E-state index contributed by atoms with van der Waals surface area (Å²) in [6.07, 6.45) is 2.81. The summed E-state index contributed by atoms with van der Waals surface area (Å²) < 4.78 is 15.6. The average Bonchev–Trinajstić information content (AvgIpc) is 3.58. The van der Waals surface area contributed by atoms with E-state index in [1.165, 1.54) is 0 Å². The number of aryl methyl sites for hydroxylation is 2. The maximum Gasteiger partial charge on any atom is 0.322 e. The van der Waals surface area contributed by atoms with Gasteiger partial charge in [0.05, 0.1) is 29.7 Å². The van der Waals surface area contributed by atoms with E-state index in [0.29, 0.717) is 36.9 Å². The molecule has 0 radical (unpaired) electrons. The molecule has 0 saturated carbocycles. The zero-order valence-electron chi connectivity index (χ0n) is 23.1. The Balaban J connectivity index is 1.38. The molecular weight excluding hydrogens is 514 g/mol. The van der Waals surface area contributed by atoms with Gasteiger partial charge in [-0.15, -0.1) is 0 Å². The number of rotatable bonds is 4. The third-order valence-electron chi connectivity index (χ3n) is 7.72. The van der Waals surface area contributed by atoms with Crippen LogP contribution in [0, 0.1) is 6.92 Å². The number of hydrogen-bond acceptors (Lipinski definition) is 4. The molecule has 1 N–H and O–H groups in total. The van der Waals surface area contributed by atoms with Crippen LogP contribution >= 0.6 is 0 Å². The van der Waals surface area contributed by atoms with E-state index in [-0.39, 0.29) is 12.1 Å². The summed E-state index contributed by atoms with van der Waals surface area (Å²) in [7, 11) is 0. The van der Waals surface area contributed by atoms with Gasteiger partial charge >= 0.3 is 6.03 Å². The van der Waals surface area contributed by atoms with E-state index in [1.807, 2.05) is 52.0 Å². The molecule has 3 aromatic carbocycles. The van der Waals surface area contributed by atoms with E-state index in [1.54, 1.807) is 0 Å². The number of anilines is 1. The highest BCUT2D eigenvalue weighted by Crippen LogP contribution is 2.40. The standard InChI is InChI=1S/C33H31N5O3/c1-3-27-26-21-37(33(39)34-24-14-15-29-30(20-24)41-18-17-40-29)31(23-10-7-9-22(2)19-23)28-13-8-16-36(28)32(26)38(35-27)25-11-5-4-6-12-25/h4-16,19-20,31H,3,17-18,21H2,1-2H3,(H,34,39)/t31-/m1/s1. The van der Waals surface area contributed by atoms with Gasteiger partial charge in [0, 0.05) is 23.5 Å². The molecule has 7 rings (SSSR count). The lowest BCUT2D eigenvalue weighted by Crippen LogP contribution is -2.38. The summed E-state index contributed by atoms with van der Waals surface area (Å²) in [6.45, 7) is 5.58. The van der Waals surface area contributed by atoms with Gasteiger partial charge in [0.15, 0.2) is 11.5 Å². The second-order valence-electron chi connectivity index (χ2n) is 10.4. The van der Waals surface area contributed by atoms with Crippen molar-refractivity contribution in [2.24, 2.45) is 0 Å². The number of ether oxygens (including phenoxy) is 2. The third-order valence-corrected chi connectivity index (χ3v) is 7.72. The number of benzene rings is 3. The van der Waals surface area contributed by atoms with E-state index in [0.717, 1.165) is 46.0 Å². The van der Waals surface area contributed by atoms with Gasteiger partial charge in [-0.2, -0.15) is 5.10 Å². The Labute approximate surface area is 238 Å². The number of fused-ring (bicyclic) bond motifs is 4. The van der Waals surface area contributed by atoms with Crippen molar-refractivity contribution in [2.75, 3.05) is 18.5 Å². The lowest BCUT2D eigenvalue weighted by atomic mass is 10.00. The van der Waals surface area contributed by atoms with Crippen LogP contribution in [0.5, 0.6) is 11.5 Å². The lowest BCUT2D eigenvalue weighted by molar-refractivity contribution is 0.171. The number of amides is 2. The van der Waals surface area contributed by atoms with Gasteiger partial charge < -0.3 is 24.3 Å². The molecule has 2 aliphatic rings. The minimum Gasteiger partial charge on any atom is -0.486 e. The van der Waals surface area contributed by atoms with Crippen LogP contribution in [0.1, 0.15) is 41.0 Å². The first-order valence-electron chi connectivity index (χ1n) is 14.0. The summed E-state index contributed by atoms with van der Waals surface area (Å²) in [4.78, 5) is 16.2. The van der Waals surface area contributed by atoms with Crippen LogP contribution in [-0.2, 0) is 13.0 Å². The van der Waals surface area contributed by atoms with Crippen molar-refractivity contribution in [2.45, 2.75) is 32.9 Å². The zero-order valence-corrected chi connectivity index (χ0v) is 23.1. The molecule has 0 saturated heterocycles. The molecule has 0 fully saturated rings. The topological polar surface area (TPSA) is 73.6 Å². The molecule has 5 aromatic rings. The summed E-state index contributed by atoms with van der Waals surface area (Å²) in [5, 5.41) is 8.19. The largest absolute Gasteiger partial charge is 0.486 e. The third kappa shape index (κ3) is 4.41. The van der Waals surface area contributed by atoms with Crippen LogP contribution in [0.3, 0.4) is 0 Å². The Kier molecular flexibility index (Phi) is 6.23. The minimum atomic E-state index is -0.330.